The molecule has 0 N–H and O–H groups in total. The minimum absolute atomic E-state index is 0.263. The van der Waals surface area contributed by atoms with E-state index in [1.807, 2.05) is 24.3 Å². The molecule has 0 amide bonds. The Balaban J connectivity index is 2.47. The Morgan fingerprint density at radius 2 is 2.16 bits per heavy atom. The van der Waals surface area contributed by atoms with Gasteiger partial charge in [-0.2, -0.15) is 5.26 Å². The van der Waals surface area contributed by atoms with Gasteiger partial charge in [0.1, 0.15) is 11.5 Å². The van der Waals surface area contributed by atoms with Gasteiger partial charge >= 0.3 is 0 Å². The molecule has 0 aliphatic heterocycles. The normalized spacial score (nSPS) is 22.8. The summed E-state index contributed by atoms with van der Waals surface area (Å²) in [5.41, 5.74) is 0.443. The summed E-state index contributed by atoms with van der Waals surface area (Å²) in [6.07, 6.45) is 4.45. The van der Waals surface area contributed by atoms with Gasteiger partial charge < -0.3 is 4.74 Å². The summed E-state index contributed by atoms with van der Waals surface area (Å²) in [7, 11) is 1.63. The summed E-state index contributed by atoms with van der Waals surface area (Å²) in [5.74, 6) is 1.02. The van der Waals surface area contributed by atoms with Gasteiger partial charge in [-0.3, -0.25) is 4.79 Å². The number of nitrogens with zero attached hydrogens (tertiary/aromatic N) is 1. The largest absolute Gasteiger partial charge is 0.496 e. The highest BCUT2D eigenvalue weighted by Crippen LogP contribution is 2.44. The predicted octanol–water partition coefficient (Wildman–Crippen LogP) is 3.38. The molecule has 0 radical (unpaired) electrons. The van der Waals surface area contributed by atoms with E-state index in [1.165, 1.54) is 0 Å². The lowest BCUT2D eigenvalue weighted by molar-refractivity contribution is -0.126. The number of carbonyl (C=O) groups is 1. The minimum Gasteiger partial charge on any atom is -0.496 e. The van der Waals surface area contributed by atoms with Gasteiger partial charge in [0.2, 0.25) is 0 Å². The second-order valence-corrected chi connectivity index (χ2v) is 5.07. The second-order valence-electron chi connectivity index (χ2n) is 5.07. The fourth-order valence-electron chi connectivity index (χ4n) is 3.08. The molecule has 1 aliphatic rings. The van der Waals surface area contributed by atoms with Gasteiger partial charge in [0, 0.05) is 18.4 Å². The first kappa shape index (κ1) is 13.6. The summed E-state index contributed by atoms with van der Waals surface area (Å²) in [6.45, 7) is 0. The van der Waals surface area contributed by atoms with Gasteiger partial charge in [0.05, 0.1) is 18.6 Å². The number of methoxy groups -OCH3 is 1. The smallest absolute Gasteiger partial charge is 0.143 e. The van der Waals surface area contributed by atoms with Crippen molar-refractivity contribution >= 4 is 5.78 Å². The van der Waals surface area contributed by atoms with Crippen LogP contribution >= 0.6 is 0 Å². The molecule has 3 nitrogen and oxygen atoms in total. The van der Waals surface area contributed by atoms with Crippen molar-refractivity contribution in [3.8, 4) is 11.8 Å². The third-order valence-electron chi connectivity index (χ3n) is 4.08. The molecular weight excluding hydrogens is 238 g/mol. The standard InChI is InChI=1S/C16H19NO2/c1-19-14-8-3-2-7-13(14)16(11-6-12-17)10-5-4-9-15(16)18/h2-3,7-8H,4-6,9-11H2,1H3. The lowest BCUT2D eigenvalue weighted by Gasteiger charge is -2.36. The first-order chi connectivity index (χ1) is 9.24. The van der Waals surface area contributed by atoms with Crippen LogP contribution in [0.25, 0.3) is 0 Å². The van der Waals surface area contributed by atoms with Crippen molar-refractivity contribution in [3.63, 3.8) is 0 Å². The molecule has 1 atom stereocenters. The molecular formula is C16H19NO2. The second kappa shape index (κ2) is 5.88. The molecule has 1 aromatic rings. The van der Waals surface area contributed by atoms with Gasteiger partial charge in [-0.15, -0.1) is 0 Å². The third kappa shape index (κ3) is 2.49. The Kier molecular flexibility index (Phi) is 4.21. The van der Waals surface area contributed by atoms with Crippen LogP contribution in [0.3, 0.4) is 0 Å². The molecule has 0 bridgehead atoms. The molecule has 0 heterocycles. The van der Waals surface area contributed by atoms with Crippen LogP contribution in [-0.4, -0.2) is 12.9 Å². The van der Waals surface area contributed by atoms with Crippen molar-refractivity contribution in [2.45, 2.75) is 43.9 Å². The zero-order chi connectivity index (χ0) is 13.7. The summed E-state index contributed by atoms with van der Waals surface area (Å²) >= 11 is 0. The molecule has 0 aromatic heterocycles. The van der Waals surface area contributed by atoms with Crippen LogP contribution in [0.1, 0.15) is 44.1 Å². The third-order valence-corrected chi connectivity index (χ3v) is 4.08. The molecule has 0 spiro atoms. The van der Waals surface area contributed by atoms with Gasteiger partial charge in [-0.05, 0) is 25.3 Å². The number of benzene rings is 1. The van der Waals surface area contributed by atoms with E-state index >= 15 is 0 Å². The molecule has 3 heteroatoms. The van der Waals surface area contributed by atoms with E-state index in [1.54, 1.807) is 7.11 Å². The van der Waals surface area contributed by atoms with Crippen molar-refractivity contribution in [1.82, 2.24) is 0 Å². The van der Waals surface area contributed by atoms with Crippen molar-refractivity contribution in [2.75, 3.05) is 7.11 Å². The zero-order valence-corrected chi connectivity index (χ0v) is 11.3. The average molecular weight is 257 g/mol. The number of carbonyl (C=O) groups excluding carboxylic acids is 1. The van der Waals surface area contributed by atoms with Gasteiger partial charge in [0.25, 0.3) is 0 Å². The van der Waals surface area contributed by atoms with E-state index < -0.39 is 5.41 Å². The molecule has 19 heavy (non-hydrogen) atoms. The number of ether oxygens (including phenoxy) is 1. The van der Waals surface area contributed by atoms with E-state index in [0.717, 1.165) is 30.6 Å². The Morgan fingerprint density at radius 1 is 1.37 bits per heavy atom. The molecule has 1 aromatic carbocycles. The molecule has 1 aliphatic carbocycles. The SMILES string of the molecule is COc1ccccc1C1(CCC#N)CCCCC1=O. The molecule has 2 rings (SSSR count). The van der Waals surface area contributed by atoms with Crippen molar-refractivity contribution in [2.24, 2.45) is 0 Å². The van der Waals surface area contributed by atoms with E-state index in [4.69, 9.17) is 10.00 Å². The summed E-state index contributed by atoms with van der Waals surface area (Å²) in [4.78, 5) is 12.5. The van der Waals surface area contributed by atoms with Gasteiger partial charge in [-0.25, -0.2) is 0 Å². The zero-order valence-electron chi connectivity index (χ0n) is 11.3. The number of para-hydroxylation sites is 1. The van der Waals surface area contributed by atoms with Crippen LogP contribution in [0.2, 0.25) is 0 Å². The van der Waals surface area contributed by atoms with E-state index in [9.17, 15) is 4.79 Å². The summed E-state index contributed by atoms with van der Waals surface area (Å²) in [6, 6.07) is 9.89. The topological polar surface area (TPSA) is 50.1 Å². The van der Waals surface area contributed by atoms with Crippen molar-refractivity contribution < 1.29 is 9.53 Å². The highest BCUT2D eigenvalue weighted by molar-refractivity contribution is 5.91. The van der Waals surface area contributed by atoms with Crippen LogP contribution < -0.4 is 4.74 Å². The monoisotopic (exact) mass is 257 g/mol. The fourth-order valence-corrected chi connectivity index (χ4v) is 3.08. The summed E-state index contributed by atoms with van der Waals surface area (Å²) in [5, 5.41) is 8.88. The number of hydrogen-bond acceptors (Lipinski definition) is 3. The Labute approximate surface area is 114 Å². The van der Waals surface area contributed by atoms with E-state index in [0.29, 0.717) is 19.3 Å². The summed E-state index contributed by atoms with van der Waals surface area (Å²) < 4.78 is 5.42. The molecule has 1 saturated carbocycles. The van der Waals surface area contributed by atoms with E-state index in [2.05, 4.69) is 6.07 Å². The fraction of sp³-hybridized carbons (Fsp3) is 0.500. The number of Topliss-reactive ketones (excluding diaryl/α,β-unsaturated/α-hetero) is 1. The molecule has 100 valence electrons. The Morgan fingerprint density at radius 3 is 2.84 bits per heavy atom. The van der Waals surface area contributed by atoms with Crippen LogP contribution in [0, 0.1) is 11.3 Å². The Bertz CT molecular complexity index is 504. The maximum absolute atomic E-state index is 12.5. The van der Waals surface area contributed by atoms with Crippen molar-refractivity contribution in [1.29, 1.82) is 5.26 Å². The van der Waals surface area contributed by atoms with Gasteiger partial charge in [0.15, 0.2) is 0 Å². The predicted molar refractivity (Wildman–Crippen MR) is 73.0 cm³/mol. The minimum atomic E-state index is -0.513. The number of ketones is 1. The van der Waals surface area contributed by atoms with Crippen LogP contribution in [0.15, 0.2) is 24.3 Å². The lowest BCUT2D eigenvalue weighted by atomic mass is 9.65. The Hall–Kier alpha value is -1.82. The number of nitriles is 1. The highest BCUT2D eigenvalue weighted by Gasteiger charge is 2.42. The maximum atomic E-state index is 12.5. The van der Waals surface area contributed by atoms with Crippen LogP contribution in [0.5, 0.6) is 5.75 Å². The molecule has 1 fully saturated rings. The van der Waals surface area contributed by atoms with Crippen LogP contribution in [-0.2, 0) is 10.2 Å². The highest BCUT2D eigenvalue weighted by atomic mass is 16.5. The van der Waals surface area contributed by atoms with Gasteiger partial charge in [-0.1, -0.05) is 24.6 Å². The quantitative estimate of drug-likeness (QED) is 0.830. The van der Waals surface area contributed by atoms with Crippen LogP contribution in [0.4, 0.5) is 0 Å². The lowest BCUT2D eigenvalue weighted by Crippen LogP contribution is -2.39. The molecule has 1 unspecified atom stereocenters. The average Bonchev–Trinajstić information content (AvgIpc) is 2.47. The maximum Gasteiger partial charge on any atom is 0.143 e. The van der Waals surface area contributed by atoms with Crippen molar-refractivity contribution in [3.05, 3.63) is 29.8 Å². The molecule has 0 saturated heterocycles. The number of rotatable bonds is 4. The number of hydrogen-bond donors (Lipinski definition) is 0. The first-order valence-electron chi connectivity index (χ1n) is 6.78. The van der Waals surface area contributed by atoms with E-state index in [-0.39, 0.29) is 5.78 Å². The first-order valence-corrected chi connectivity index (χ1v) is 6.78.